The van der Waals surface area contributed by atoms with E-state index in [1.54, 1.807) is 24.8 Å². The molecule has 1 aliphatic rings. The summed E-state index contributed by atoms with van der Waals surface area (Å²) in [6.45, 7) is 4.24. The summed E-state index contributed by atoms with van der Waals surface area (Å²) in [4.78, 5) is 23.6. The molecule has 1 fully saturated rings. The average molecular weight is 353 g/mol. The number of sulfonamides is 1. The van der Waals surface area contributed by atoms with Crippen molar-refractivity contribution in [1.82, 2.24) is 9.21 Å². The monoisotopic (exact) mass is 353 g/mol. The Balaban J connectivity index is 2.22. The van der Waals surface area contributed by atoms with Gasteiger partial charge in [0.1, 0.15) is 0 Å². The number of allylic oxidation sites excluding steroid dienone is 1. The van der Waals surface area contributed by atoms with Gasteiger partial charge in [0.2, 0.25) is 15.9 Å². The molecule has 0 saturated carbocycles. The number of benzene rings is 1. The summed E-state index contributed by atoms with van der Waals surface area (Å²) in [5.74, 6) is -0.152. The van der Waals surface area contributed by atoms with Crippen LogP contribution in [0.5, 0.6) is 0 Å². The molecular formula is C15H19N3O5S. The van der Waals surface area contributed by atoms with Crippen LogP contribution >= 0.6 is 0 Å². The zero-order chi connectivity index (χ0) is 17.9. The highest BCUT2D eigenvalue weighted by Crippen LogP contribution is 2.25. The summed E-state index contributed by atoms with van der Waals surface area (Å²) in [5, 5.41) is 10.9. The normalized spacial score (nSPS) is 16.5. The molecule has 0 spiro atoms. The molecule has 1 aromatic rings. The van der Waals surface area contributed by atoms with Gasteiger partial charge in [-0.3, -0.25) is 14.9 Å². The predicted molar refractivity (Wildman–Crippen MR) is 88.0 cm³/mol. The third-order valence-electron chi connectivity index (χ3n) is 3.86. The molecule has 0 radical (unpaired) electrons. The minimum Gasteiger partial charge on any atom is -0.337 e. The highest BCUT2D eigenvalue weighted by Gasteiger charge is 2.31. The minimum atomic E-state index is -3.84. The first-order valence-corrected chi connectivity index (χ1v) is 8.88. The molecule has 9 heteroatoms. The second-order valence-electron chi connectivity index (χ2n) is 5.44. The molecule has 1 heterocycles. The Kier molecular flexibility index (Phi) is 5.35. The van der Waals surface area contributed by atoms with Crippen molar-refractivity contribution in [3.05, 3.63) is 46.0 Å². The molecule has 0 aromatic heterocycles. The van der Waals surface area contributed by atoms with Gasteiger partial charge in [-0.05, 0) is 25.5 Å². The lowest BCUT2D eigenvalue weighted by Crippen LogP contribution is -2.50. The Bertz CT molecular complexity index is 780. The molecule has 0 atom stereocenters. The van der Waals surface area contributed by atoms with Crippen LogP contribution in [0.2, 0.25) is 0 Å². The van der Waals surface area contributed by atoms with Crippen LogP contribution in [0.15, 0.2) is 35.2 Å². The molecule has 24 heavy (non-hydrogen) atoms. The van der Waals surface area contributed by atoms with E-state index in [0.717, 1.165) is 6.07 Å². The molecular weight excluding hydrogens is 334 g/mol. The maximum Gasteiger partial charge on any atom is 0.270 e. The number of piperazine rings is 1. The van der Waals surface area contributed by atoms with Crippen LogP contribution in [0, 0.1) is 17.0 Å². The molecule has 0 bridgehead atoms. The number of non-ortho nitro benzene ring substituents is 1. The van der Waals surface area contributed by atoms with Crippen molar-refractivity contribution < 1.29 is 18.1 Å². The number of aryl methyl sites for hydroxylation is 1. The van der Waals surface area contributed by atoms with E-state index >= 15 is 0 Å². The fourth-order valence-corrected chi connectivity index (χ4v) is 4.18. The van der Waals surface area contributed by atoms with Crippen LogP contribution < -0.4 is 0 Å². The maximum absolute atomic E-state index is 12.8. The number of carbonyl (C=O) groups excluding carboxylic acids is 1. The summed E-state index contributed by atoms with van der Waals surface area (Å²) < 4.78 is 26.8. The maximum atomic E-state index is 12.8. The number of amides is 1. The zero-order valence-corrected chi connectivity index (χ0v) is 14.3. The van der Waals surface area contributed by atoms with Gasteiger partial charge >= 0.3 is 0 Å². The van der Waals surface area contributed by atoms with Crippen LogP contribution in [-0.4, -0.2) is 54.6 Å². The summed E-state index contributed by atoms with van der Waals surface area (Å²) in [7, 11) is -3.84. The van der Waals surface area contributed by atoms with Crippen molar-refractivity contribution in [3.8, 4) is 0 Å². The lowest BCUT2D eigenvalue weighted by Gasteiger charge is -2.33. The molecule has 2 rings (SSSR count). The van der Waals surface area contributed by atoms with E-state index in [-0.39, 0.29) is 42.7 Å². The van der Waals surface area contributed by atoms with E-state index in [1.165, 1.54) is 22.5 Å². The smallest absolute Gasteiger partial charge is 0.270 e. The average Bonchev–Trinajstić information content (AvgIpc) is 2.55. The topological polar surface area (TPSA) is 101 Å². The largest absolute Gasteiger partial charge is 0.337 e. The van der Waals surface area contributed by atoms with Crippen molar-refractivity contribution in [2.45, 2.75) is 18.7 Å². The van der Waals surface area contributed by atoms with Crippen LogP contribution in [0.4, 0.5) is 5.69 Å². The second-order valence-corrected chi connectivity index (χ2v) is 7.34. The summed E-state index contributed by atoms with van der Waals surface area (Å²) in [6, 6.07) is 3.79. The van der Waals surface area contributed by atoms with E-state index in [0.29, 0.717) is 5.56 Å². The van der Waals surface area contributed by atoms with Crippen LogP contribution in [0.3, 0.4) is 0 Å². The first-order chi connectivity index (χ1) is 11.3. The molecule has 0 unspecified atom stereocenters. The SMILES string of the molecule is C/C=C/C(=O)N1CCN(S(=O)(=O)c2cc([N+](=O)[O-])ccc2C)CC1. The fraction of sp³-hybridized carbons (Fsp3) is 0.400. The van der Waals surface area contributed by atoms with E-state index in [1.807, 2.05) is 0 Å². The van der Waals surface area contributed by atoms with E-state index in [9.17, 15) is 23.3 Å². The molecule has 1 amide bonds. The van der Waals surface area contributed by atoms with Crippen molar-refractivity contribution in [2.75, 3.05) is 26.2 Å². The molecule has 1 aliphatic heterocycles. The van der Waals surface area contributed by atoms with Gasteiger partial charge in [0, 0.05) is 38.3 Å². The number of nitrogens with zero attached hydrogens (tertiary/aromatic N) is 3. The Morgan fingerprint density at radius 2 is 1.88 bits per heavy atom. The second kappa shape index (κ2) is 7.10. The number of hydrogen-bond acceptors (Lipinski definition) is 5. The van der Waals surface area contributed by atoms with Crippen molar-refractivity contribution >= 4 is 21.6 Å². The zero-order valence-electron chi connectivity index (χ0n) is 13.5. The Hall–Kier alpha value is -2.26. The molecule has 130 valence electrons. The third-order valence-corrected chi connectivity index (χ3v) is 5.90. The van der Waals surface area contributed by atoms with Crippen molar-refractivity contribution in [1.29, 1.82) is 0 Å². The van der Waals surface area contributed by atoms with Gasteiger partial charge in [-0.1, -0.05) is 12.1 Å². The first-order valence-electron chi connectivity index (χ1n) is 7.44. The van der Waals surface area contributed by atoms with Crippen molar-refractivity contribution in [3.63, 3.8) is 0 Å². The molecule has 1 saturated heterocycles. The lowest BCUT2D eigenvalue weighted by molar-refractivity contribution is -0.385. The summed E-state index contributed by atoms with van der Waals surface area (Å²) in [6.07, 6.45) is 3.08. The Morgan fingerprint density at radius 1 is 1.25 bits per heavy atom. The first kappa shape index (κ1) is 18.1. The third kappa shape index (κ3) is 3.62. The number of nitro benzene ring substituents is 1. The molecule has 8 nitrogen and oxygen atoms in total. The molecule has 1 aromatic carbocycles. The van der Waals surface area contributed by atoms with Gasteiger partial charge in [-0.25, -0.2) is 8.42 Å². The lowest BCUT2D eigenvalue weighted by atomic mass is 10.2. The highest BCUT2D eigenvalue weighted by atomic mass is 32.2. The predicted octanol–water partition coefficient (Wildman–Crippen LogP) is 1.31. The van der Waals surface area contributed by atoms with E-state index < -0.39 is 14.9 Å². The Labute approximate surface area is 140 Å². The van der Waals surface area contributed by atoms with E-state index in [2.05, 4.69) is 0 Å². The van der Waals surface area contributed by atoms with Gasteiger partial charge in [0.15, 0.2) is 0 Å². The van der Waals surface area contributed by atoms with Gasteiger partial charge in [0.25, 0.3) is 5.69 Å². The standard InChI is InChI=1S/C15H19N3O5S/c1-3-4-15(19)16-7-9-17(10-8-16)24(22,23)14-11-13(18(20)21)6-5-12(14)2/h3-6,11H,7-10H2,1-2H3/b4-3+. The van der Waals surface area contributed by atoms with Gasteiger partial charge < -0.3 is 4.90 Å². The van der Waals surface area contributed by atoms with Crippen LogP contribution in [0.25, 0.3) is 0 Å². The Morgan fingerprint density at radius 3 is 2.42 bits per heavy atom. The van der Waals surface area contributed by atoms with Crippen molar-refractivity contribution in [2.24, 2.45) is 0 Å². The van der Waals surface area contributed by atoms with Gasteiger partial charge in [-0.15, -0.1) is 0 Å². The number of rotatable bonds is 4. The molecule has 0 N–H and O–H groups in total. The van der Waals surface area contributed by atoms with Gasteiger partial charge in [0.05, 0.1) is 9.82 Å². The number of carbonyl (C=O) groups is 1. The minimum absolute atomic E-state index is 0.0649. The quantitative estimate of drug-likeness (QED) is 0.461. The van der Waals surface area contributed by atoms with E-state index in [4.69, 9.17) is 0 Å². The van der Waals surface area contributed by atoms with Crippen LogP contribution in [0.1, 0.15) is 12.5 Å². The number of nitro groups is 1. The van der Waals surface area contributed by atoms with Gasteiger partial charge in [-0.2, -0.15) is 4.31 Å². The van der Waals surface area contributed by atoms with Crippen LogP contribution in [-0.2, 0) is 14.8 Å². The summed E-state index contributed by atoms with van der Waals surface area (Å²) in [5.41, 5.74) is 0.189. The number of hydrogen-bond donors (Lipinski definition) is 0. The fourth-order valence-electron chi connectivity index (χ4n) is 2.52. The highest BCUT2D eigenvalue weighted by molar-refractivity contribution is 7.89. The molecule has 0 aliphatic carbocycles. The summed E-state index contributed by atoms with van der Waals surface area (Å²) >= 11 is 0.